The molecule has 0 aromatic heterocycles. The second-order valence-electron chi connectivity index (χ2n) is 4.22. The van der Waals surface area contributed by atoms with Crippen molar-refractivity contribution in [3.63, 3.8) is 0 Å². The van der Waals surface area contributed by atoms with Crippen molar-refractivity contribution in [2.24, 2.45) is 5.84 Å². The number of nitrogens with one attached hydrogen (secondary N) is 1. The first-order valence-electron chi connectivity index (χ1n) is 5.76. The fraction of sp³-hybridized carbons (Fsp3) is 0.538. The summed E-state index contributed by atoms with van der Waals surface area (Å²) in [7, 11) is 0. The fourth-order valence-electron chi connectivity index (χ4n) is 1.90. The smallest absolute Gasteiger partial charge is 0.0636 e. The van der Waals surface area contributed by atoms with E-state index < -0.39 is 0 Å². The Kier molecular flexibility index (Phi) is 5.46. The van der Waals surface area contributed by atoms with Crippen molar-refractivity contribution in [3.8, 4) is 0 Å². The van der Waals surface area contributed by atoms with Gasteiger partial charge in [0.1, 0.15) is 0 Å². The van der Waals surface area contributed by atoms with Crippen molar-refractivity contribution < 1.29 is 4.74 Å². The SMILES string of the molecule is CCOCC(Cc1cc(C)cc(C)c1)NN. The molecule has 16 heavy (non-hydrogen) atoms. The van der Waals surface area contributed by atoms with Crippen LogP contribution in [0.1, 0.15) is 23.6 Å². The van der Waals surface area contributed by atoms with Crippen molar-refractivity contribution in [1.82, 2.24) is 5.43 Å². The molecule has 1 aromatic carbocycles. The third kappa shape index (κ3) is 4.31. The van der Waals surface area contributed by atoms with E-state index in [4.69, 9.17) is 10.6 Å². The first kappa shape index (κ1) is 13.2. The highest BCUT2D eigenvalue weighted by atomic mass is 16.5. The zero-order valence-corrected chi connectivity index (χ0v) is 10.4. The number of nitrogens with two attached hydrogens (primary N) is 1. The van der Waals surface area contributed by atoms with Gasteiger partial charge in [0.05, 0.1) is 6.61 Å². The second kappa shape index (κ2) is 6.63. The minimum atomic E-state index is 0.182. The van der Waals surface area contributed by atoms with Crippen LogP contribution in [-0.2, 0) is 11.2 Å². The fourth-order valence-corrected chi connectivity index (χ4v) is 1.90. The molecule has 0 aliphatic heterocycles. The van der Waals surface area contributed by atoms with Crippen LogP contribution >= 0.6 is 0 Å². The number of hydrazine groups is 1. The maximum Gasteiger partial charge on any atom is 0.0636 e. The Morgan fingerprint density at radius 3 is 2.38 bits per heavy atom. The molecule has 1 rings (SSSR count). The zero-order valence-electron chi connectivity index (χ0n) is 10.4. The Morgan fingerprint density at radius 2 is 1.88 bits per heavy atom. The number of hydrogen-bond donors (Lipinski definition) is 2. The summed E-state index contributed by atoms with van der Waals surface area (Å²) in [4.78, 5) is 0. The molecule has 3 N–H and O–H groups in total. The number of benzene rings is 1. The summed E-state index contributed by atoms with van der Waals surface area (Å²) >= 11 is 0. The van der Waals surface area contributed by atoms with E-state index in [0.29, 0.717) is 6.61 Å². The lowest BCUT2D eigenvalue weighted by atomic mass is 10.0. The van der Waals surface area contributed by atoms with E-state index in [1.807, 2.05) is 6.92 Å². The minimum absolute atomic E-state index is 0.182. The molecule has 0 heterocycles. The molecule has 0 amide bonds. The van der Waals surface area contributed by atoms with Gasteiger partial charge in [-0.25, -0.2) is 0 Å². The number of hydrogen-bond acceptors (Lipinski definition) is 3. The molecule has 3 heteroatoms. The summed E-state index contributed by atoms with van der Waals surface area (Å²) in [6.07, 6.45) is 0.902. The highest BCUT2D eigenvalue weighted by Gasteiger charge is 2.08. The topological polar surface area (TPSA) is 47.3 Å². The summed E-state index contributed by atoms with van der Waals surface area (Å²) in [5.74, 6) is 5.51. The molecular formula is C13H22N2O. The van der Waals surface area contributed by atoms with Gasteiger partial charge in [0, 0.05) is 12.6 Å². The molecule has 0 bridgehead atoms. The van der Waals surface area contributed by atoms with Gasteiger partial charge in [0.15, 0.2) is 0 Å². The molecule has 0 saturated carbocycles. The molecule has 0 spiro atoms. The maximum absolute atomic E-state index is 5.51. The van der Waals surface area contributed by atoms with Gasteiger partial charge in [-0.1, -0.05) is 29.3 Å². The lowest BCUT2D eigenvalue weighted by Crippen LogP contribution is -2.40. The van der Waals surface area contributed by atoms with Gasteiger partial charge < -0.3 is 4.74 Å². The molecule has 0 saturated heterocycles. The van der Waals surface area contributed by atoms with Crippen LogP contribution in [0, 0.1) is 13.8 Å². The first-order chi connectivity index (χ1) is 7.65. The van der Waals surface area contributed by atoms with Crippen LogP contribution in [-0.4, -0.2) is 19.3 Å². The summed E-state index contributed by atoms with van der Waals surface area (Å²) in [6.45, 7) is 7.60. The average Bonchev–Trinajstić information content (AvgIpc) is 2.22. The molecule has 0 aliphatic rings. The highest BCUT2D eigenvalue weighted by Crippen LogP contribution is 2.11. The summed E-state index contributed by atoms with van der Waals surface area (Å²) in [5, 5.41) is 0. The normalized spacial score (nSPS) is 12.8. The van der Waals surface area contributed by atoms with Gasteiger partial charge in [-0.05, 0) is 32.8 Å². The van der Waals surface area contributed by atoms with Crippen molar-refractivity contribution in [2.45, 2.75) is 33.2 Å². The average molecular weight is 222 g/mol. The predicted molar refractivity (Wildman–Crippen MR) is 67.2 cm³/mol. The van der Waals surface area contributed by atoms with Crippen LogP contribution in [0.5, 0.6) is 0 Å². The van der Waals surface area contributed by atoms with E-state index in [1.165, 1.54) is 16.7 Å². The lowest BCUT2D eigenvalue weighted by molar-refractivity contribution is 0.123. The standard InChI is InChI=1S/C13H22N2O/c1-4-16-9-13(15-14)8-12-6-10(2)5-11(3)7-12/h5-7,13,15H,4,8-9,14H2,1-3H3. The van der Waals surface area contributed by atoms with Crippen LogP contribution in [0.4, 0.5) is 0 Å². The lowest BCUT2D eigenvalue weighted by Gasteiger charge is -2.16. The van der Waals surface area contributed by atoms with Crippen LogP contribution in [0.25, 0.3) is 0 Å². The van der Waals surface area contributed by atoms with Crippen LogP contribution in [0.2, 0.25) is 0 Å². The summed E-state index contributed by atoms with van der Waals surface area (Å²) in [6, 6.07) is 6.75. The molecule has 0 aliphatic carbocycles. The Hall–Kier alpha value is -0.900. The van der Waals surface area contributed by atoms with Gasteiger partial charge in [0.25, 0.3) is 0 Å². The van der Waals surface area contributed by atoms with E-state index in [0.717, 1.165) is 13.0 Å². The third-order valence-corrected chi connectivity index (χ3v) is 2.52. The van der Waals surface area contributed by atoms with Crippen molar-refractivity contribution in [3.05, 3.63) is 34.9 Å². The minimum Gasteiger partial charge on any atom is -0.380 e. The van der Waals surface area contributed by atoms with Crippen LogP contribution in [0.3, 0.4) is 0 Å². The Balaban J connectivity index is 2.62. The Morgan fingerprint density at radius 1 is 1.25 bits per heavy atom. The monoisotopic (exact) mass is 222 g/mol. The molecule has 1 unspecified atom stereocenters. The zero-order chi connectivity index (χ0) is 12.0. The molecule has 90 valence electrons. The molecule has 1 atom stereocenters. The Labute approximate surface area is 98.0 Å². The van der Waals surface area contributed by atoms with Gasteiger partial charge in [-0.15, -0.1) is 0 Å². The quantitative estimate of drug-likeness (QED) is 0.569. The predicted octanol–water partition coefficient (Wildman–Crippen LogP) is 1.71. The number of rotatable bonds is 6. The van der Waals surface area contributed by atoms with Crippen LogP contribution in [0.15, 0.2) is 18.2 Å². The number of ether oxygens (including phenoxy) is 1. The van der Waals surface area contributed by atoms with Gasteiger partial charge in [-0.2, -0.15) is 0 Å². The van der Waals surface area contributed by atoms with Crippen LogP contribution < -0.4 is 11.3 Å². The number of aryl methyl sites for hydroxylation is 2. The highest BCUT2D eigenvalue weighted by molar-refractivity contribution is 5.29. The molecular weight excluding hydrogens is 200 g/mol. The van der Waals surface area contributed by atoms with Gasteiger partial charge >= 0.3 is 0 Å². The first-order valence-corrected chi connectivity index (χ1v) is 5.76. The Bertz CT molecular complexity index is 305. The second-order valence-corrected chi connectivity index (χ2v) is 4.22. The maximum atomic E-state index is 5.51. The molecule has 0 radical (unpaired) electrons. The van der Waals surface area contributed by atoms with Crippen molar-refractivity contribution in [1.29, 1.82) is 0 Å². The van der Waals surface area contributed by atoms with Crippen molar-refractivity contribution >= 4 is 0 Å². The molecule has 1 aromatic rings. The van der Waals surface area contributed by atoms with Gasteiger partial charge in [-0.3, -0.25) is 11.3 Å². The van der Waals surface area contributed by atoms with E-state index >= 15 is 0 Å². The van der Waals surface area contributed by atoms with E-state index in [-0.39, 0.29) is 6.04 Å². The van der Waals surface area contributed by atoms with E-state index in [9.17, 15) is 0 Å². The largest absolute Gasteiger partial charge is 0.380 e. The van der Waals surface area contributed by atoms with E-state index in [1.54, 1.807) is 0 Å². The van der Waals surface area contributed by atoms with E-state index in [2.05, 4.69) is 37.5 Å². The molecule has 3 nitrogen and oxygen atoms in total. The summed E-state index contributed by atoms with van der Waals surface area (Å²) < 4.78 is 5.38. The summed E-state index contributed by atoms with van der Waals surface area (Å²) in [5.41, 5.74) is 6.69. The van der Waals surface area contributed by atoms with Crippen molar-refractivity contribution in [2.75, 3.05) is 13.2 Å². The van der Waals surface area contributed by atoms with Gasteiger partial charge in [0.2, 0.25) is 0 Å². The third-order valence-electron chi connectivity index (χ3n) is 2.52. The molecule has 0 fully saturated rings.